The monoisotopic (exact) mass is 496 g/mol. The van der Waals surface area contributed by atoms with Crippen LogP contribution in [0.5, 0.6) is 5.75 Å². The molecule has 1 aliphatic rings. The molecule has 1 aromatic heterocycles. The Bertz CT molecular complexity index is 1160. The number of hydrogen-bond donors (Lipinski definition) is 1. The van der Waals surface area contributed by atoms with Gasteiger partial charge in [0.05, 0.1) is 12.3 Å². The highest BCUT2D eigenvalue weighted by molar-refractivity contribution is 6.30. The van der Waals surface area contributed by atoms with Gasteiger partial charge in [-0.3, -0.25) is 14.5 Å². The minimum absolute atomic E-state index is 0.142. The maximum Gasteiger partial charge on any atom is 0.251 e. The summed E-state index contributed by atoms with van der Waals surface area (Å²) in [6, 6.07) is 13.6. The summed E-state index contributed by atoms with van der Waals surface area (Å²) in [5.74, 6) is 0.344. The molecule has 1 saturated carbocycles. The predicted molar refractivity (Wildman–Crippen MR) is 133 cm³/mol. The number of aromatic nitrogens is 4. The smallest absolute Gasteiger partial charge is 0.251 e. The van der Waals surface area contributed by atoms with Crippen molar-refractivity contribution in [3.63, 3.8) is 0 Å². The molecule has 3 aromatic rings. The number of amides is 2. The quantitative estimate of drug-likeness (QED) is 0.482. The van der Waals surface area contributed by atoms with Gasteiger partial charge in [0.1, 0.15) is 18.3 Å². The van der Waals surface area contributed by atoms with E-state index in [1.54, 1.807) is 43.3 Å². The van der Waals surface area contributed by atoms with Gasteiger partial charge >= 0.3 is 0 Å². The number of nitrogens with zero attached hydrogens (tertiary/aromatic N) is 5. The maximum absolute atomic E-state index is 13.6. The second-order valence-electron chi connectivity index (χ2n) is 8.48. The van der Waals surface area contributed by atoms with Crippen LogP contribution in [0, 0.1) is 0 Å². The minimum Gasteiger partial charge on any atom is -0.492 e. The number of halogens is 1. The van der Waals surface area contributed by atoms with Gasteiger partial charge in [-0.2, -0.15) is 4.80 Å². The number of carbonyl (C=O) groups is 2. The second kappa shape index (κ2) is 11.3. The molecular formula is C25H29ClN6O3. The molecule has 0 radical (unpaired) electrons. The molecule has 0 unspecified atom stereocenters. The standard InChI is InChI=1S/C25H29ClN6O3/c1-3-35-22-11-7-6-10-21(22)32(17(2)25(34)27-20-8-4-5-9-20)23(33)16-31-29-24(28-30-31)18-12-14-19(26)15-13-18/h6-7,10-15,17,20H,3-5,8-9,16H2,1-2H3,(H,27,34)/t17-/m0/s1. The van der Waals surface area contributed by atoms with Crippen LogP contribution in [0.25, 0.3) is 11.4 Å². The summed E-state index contributed by atoms with van der Waals surface area (Å²) in [6.07, 6.45) is 4.11. The van der Waals surface area contributed by atoms with Gasteiger partial charge in [-0.1, -0.05) is 36.6 Å². The van der Waals surface area contributed by atoms with Gasteiger partial charge in [0.25, 0.3) is 5.91 Å². The van der Waals surface area contributed by atoms with Crippen LogP contribution in [0.2, 0.25) is 5.02 Å². The minimum atomic E-state index is -0.760. The third kappa shape index (κ3) is 5.97. The Morgan fingerprint density at radius 3 is 2.60 bits per heavy atom. The van der Waals surface area contributed by atoms with E-state index in [4.69, 9.17) is 16.3 Å². The first-order chi connectivity index (χ1) is 17.0. The van der Waals surface area contributed by atoms with Crippen LogP contribution in [0.1, 0.15) is 39.5 Å². The predicted octanol–water partition coefficient (Wildman–Crippen LogP) is 3.87. The fourth-order valence-corrected chi connectivity index (χ4v) is 4.35. The summed E-state index contributed by atoms with van der Waals surface area (Å²) in [7, 11) is 0. The number of para-hydroxylation sites is 2. The molecule has 0 aliphatic heterocycles. The second-order valence-corrected chi connectivity index (χ2v) is 8.92. The first kappa shape index (κ1) is 24.7. The summed E-state index contributed by atoms with van der Waals surface area (Å²) >= 11 is 5.96. The zero-order chi connectivity index (χ0) is 24.8. The van der Waals surface area contributed by atoms with E-state index in [2.05, 4.69) is 20.7 Å². The van der Waals surface area contributed by atoms with Crippen molar-refractivity contribution in [1.29, 1.82) is 0 Å². The molecule has 2 amide bonds. The van der Waals surface area contributed by atoms with Crippen LogP contribution in [0.15, 0.2) is 48.5 Å². The van der Waals surface area contributed by atoms with Crippen LogP contribution < -0.4 is 15.0 Å². The number of anilines is 1. The Balaban J connectivity index is 1.58. The van der Waals surface area contributed by atoms with Crippen LogP contribution >= 0.6 is 11.6 Å². The molecule has 35 heavy (non-hydrogen) atoms. The lowest BCUT2D eigenvalue weighted by Gasteiger charge is -2.30. The third-order valence-electron chi connectivity index (χ3n) is 5.99. The maximum atomic E-state index is 13.6. The Morgan fingerprint density at radius 2 is 1.89 bits per heavy atom. The third-order valence-corrected chi connectivity index (χ3v) is 6.25. The Labute approximate surface area is 209 Å². The summed E-state index contributed by atoms with van der Waals surface area (Å²) in [6.45, 7) is 3.83. The van der Waals surface area contributed by atoms with Gasteiger partial charge in [-0.05, 0) is 68.3 Å². The molecule has 184 valence electrons. The van der Waals surface area contributed by atoms with E-state index in [0.29, 0.717) is 28.9 Å². The van der Waals surface area contributed by atoms with Gasteiger partial charge in [-0.15, -0.1) is 10.2 Å². The van der Waals surface area contributed by atoms with Crippen molar-refractivity contribution in [3.05, 3.63) is 53.6 Å². The van der Waals surface area contributed by atoms with E-state index < -0.39 is 6.04 Å². The number of hydrogen-bond acceptors (Lipinski definition) is 6. The van der Waals surface area contributed by atoms with Crippen LogP contribution in [-0.2, 0) is 16.1 Å². The van der Waals surface area contributed by atoms with Crippen molar-refractivity contribution in [2.75, 3.05) is 11.5 Å². The van der Waals surface area contributed by atoms with Crippen molar-refractivity contribution in [2.24, 2.45) is 0 Å². The molecule has 1 N–H and O–H groups in total. The lowest BCUT2D eigenvalue weighted by atomic mass is 10.1. The molecule has 0 saturated heterocycles. The van der Waals surface area contributed by atoms with Gasteiger partial charge in [-0.25, -0.2) is 0 Å². The van der Waals surface area contributed by atoms with Crippen molar-refractivity contribution in [3.8, 4) is 17.1 Å². The lowest BCUT2D eigenvalue weighted by Crippen LogP contribution is -2.51. The summed E-state index contributed by atoms with van der Waals surface area (Å²) < 4.78 is 5.77. The van der Waals surface area contributed by atoms with Crippen LogP contribution in [-0.4, -0.2) is 50.7 Å². The fourth-order valence-electron chi connectivity index (χ4n) is 4.22. The van der Waals surface area contributed by atoms with Crippen molar-refractivity contribution < 1.29 is 14.3 Å². The normalized spacial score (nSPS) is 14.5. The molecule has 9 nitrogen and oxygen atoms in total. The largest absolute Gasteiger partial charge is 0.492 e. The first-order valence-electron chi connectivity index (χ1n) is 11.8. The van der Waals surface area contributed by atoms with Gasteiger partial charge in [0.15, 0.2) is 0 Å². The van der Waals surface area contributed by atoms with E-state index in [1.807, 2.05) is 19.1 Å². The van der Waals surface area contributed by atoms with E-state index in [1.165, 1.54) is 9.70 Å². The molecule has 2 aromatic carbocycles. The number of rotatable bonds is 9. The molecule has 1 heterocycles. The number of nitrogens with one attached hydrogen (secondary N) is 1. The first-order valence-corrected chi connectivity index (χ1v) is 12.2. The zero-order valence-electron chi connectivity index (χ0n) is 19.9. The van der Waals surface area contributed by atoms with E-state index in [-0.39, 0.29) is 24.4 Å². The zero-order valence-corrected chi connectivity index (χ0v) is 20.6. The molecule has 4 rings (SSSR count). The van der Waals surface area contributed by atoms with Crippen LogP contribution in [0.4, 0.5) is 5.69 Å². The van der Waals surface area contributed by atoms with Gasteiger partial charge < -0.3 is 10.1 Å². The molecule has 10 heteroatoms. The number of carbonyl (C=O) groups excluding carboxylic acids is 2. The number of benzene rings is 2. The topological polar surface area (TPSA) is 102 Å². The SMILES string of the molecule is CCOc1ccccc1N(C(=O)Cn1nnc(-c2ccc(Cl)cc2)n1)[C@@H](C)C(=O)NC1CCCC1. The van der Waals surface area contributed by atoms with Gasteiger partial charge in [0.2, 0.25) is 11.7 Å². The molecule has 1 aliphatic carbocycles. The van der Waals surface area contributed by atoms with E-state index >= 15 is 0 Å². The van der Waals surface area contributed by atoms with Gasteiger partial charge in [0, 0.05) is 16.6 Å². The summed E-state index contributed by atoms with van der Waals surface area (Å²) in [4.78, 5) is 29.4. The molecule has 1 atom stereocenters. The molecule has 0 bridgehead atoms. The highest BCUT2D eigenvalue weighted by Gasteiger charge is 2.31. The summed E-state index contributed by atoms with van der Waals surface area (Å²) in [5, 5.41) is 16.1. The lowest BCUT2D eigenvalue weighted by molar-refractivity contribution is -0.127. The molecule has 1 fully saturated rings. The molecular weight excluding hydrogens is 468 g/mol. The van der Waals surface area contributed by atoms with E-state index in [9.17, 15) is 9.59 Å². The summed E-state index contributed by atoms with van der Waals surface area (Å²) in [5.41, 5.74) is 1.25. The molecule has 0 spiro atoms. The van der Waals surface area contributed by atoms with Crippen LogP contribution in [0.3, 0.4) is 0 Å². The average Bonchev–Trinajstić information content (AvgIpc) is 3.53. The Hall–Kier alpha value is -3.46. The number of ether oxygens (including phenoxy) is 1. The highest BCUT2D eigenvalue weighted by Crippen LogP contribution is 2.30. The van der Waals surface area contributed by atoms with Crippen molar-refractivity contribution >= 4 is 29.1 Å². The highest BCUT2D eigenvalue weighted by atomic mass is 35.5. The van der Waals surface area contributed by atoms with Crippen molar-refractivity contribution in [2.45, 2.75) is 58.2 Å². The Kier molecular flexibility index (Phi) is 7.97. The Morgan fingerprint density at radius 1 is 1.17 bits per heavy atom. The van der Waals surface area contributed by atoms with E-state index in [0.717, 1.165) is 31.2 Å². The average molecular weight is 497 g/mol. The van der Waals surface area contributed by atoms with Crippen molar-refractivity contribution in [1.82, 2.24) is 25.5 Å². The number of tetrazole rings is 1. The fraction of sp³-hybridized carbons (Fsp3) is 0.400.